The number of benzene rings is 3. The van der Waals surface area contributed by atoms with Gasteiger partial charge in [-0.15, -0.1) is 22.7 Å². The molecule has 2 heterocycles. The van der Waals surface area contributed by atoms with Gasteiger partial charge in [0.05, 0.1) is 0 Å². The largest absolute Gasteiger partial charge is 0.402 e. The summed E-state index contributed by atoms with van der Waals surface area (Å²) in [5.74, 6) is 0. The van der Waals surface area contributed by atoms with Gasteiger partial charge in [-0.1, -0.05) is 242 Å². The molecule has 5 aromatic rings. The smallest absolute Gasteiger partial charge is 0.388 e. The maximum Gasteiger partial charge on any atom is 0.402 e. The Morgan fingerprint density at radius 2 is 0.797 bits per heavy atom. The zero-order chi connectivity index (χ0) is 63.1. The standard InChI is InChI=1S/C14H14.C10H10S2.C8H16.C7H8.C5H6F6.2C5H12.C4H12Si.C4H8.C2H6O.C2H6S.C2H6/c1-11-3-7-13(8-4-11)14-9-5-12(2)6-10-14;1-7-3-5-9(11-7)10-6-4-8(2)12-10;1-8(2)6-4-3-5-7-8;1-7-5-3-2-4-6-7;1-3(2,4(6,7)8)5(9,10)11;1-5(2,3)4;1-3-5-4-2;1-5(2,3)4;1-3-4-2;2*1-3-2;1-2/h3-10H,1-2H3;3-6H,1-2H3;3-7H2,1-2H3;2-6H,1H3;1-2H3;1-4H3;3-5H2,1-2H3;1-4H3;3-4H,1-2H3;2*1-2H3;1-2H3. The fourth-order valence-electron chi connectivity index (χ4n) is 5.18. The summed E-state index contributed by atoms with van der Waals surface area (Å²) < 4.78 is 73.9. The van der Waals surface area contributed by atoms with Crippen LogP contribution in [0.3, 0.4) is 0 Å². The lowest BCUT2D eigenvalue weighted by Gasteiger charge is -2.29. The van der Waals surface area contributed by atoms with Crippen molar-refractivity contribution in [2.45, 2.75) is 221 Å². The van der Waals surface area contributed by atoms with Crippen LogP contribution in [-0.4, -0.2) is 47.2 Å². The van der Waals surface area contributed by atoms with Gasteiger partial charge in [-0.2, -0.15) is 38.1 Å². The minimum atomic E-state index is -5.24. The van der Waals surface area contributed by atoms with Crippen LogP contribution in [0.15, 0.2) is 115 Å². The Bertz CT molecular complexity index is 1950. The van der Waals surface area contributed by atoms with Gasteiger partial charge in [-0.25, -0.2) is 0 Å². The van der Waals surface area contributed by atoms with E-state index in [0.29, 0.717) is 10.8 Å². The lowest BCUT2D eigenvalue weighted by atomic mass is 9.78. The number of ether oxygens (including phenoxy) is 1. The van der Waals surface area contributed by atoms with E-state index in [4.69, 9.17) is 0 Å². The number of hydrogen-bond acceptors (Lipinski definition) is 4. The molecule has 1 aliphatic rings. The minimum absolute atomic E-state index is 0.104. The number of alkyl halides is 6. The van der Waals surface area contributed by atoms with Crippen LogP contribution in [0.5, 0.6) is 0 Å². The van der Waals surface area contributed by atoms with E-state index in [0.717, 1.165) is 0 Å². The molecule has 3 aromatic carbocycles. The van der Waals surface area contributed by atoms with Crippen LogP contribution in [0, 0.1) is 50.9 Å². The number of unbranched alkanes of at least 4 members (excludes halogenated alkanes) is 2. The van der Waals surface area contributed by atoms with E-state index in [-0.39, 0.29) is 13.8 Å². The molecule has 458 valence electrons. The SMILES string of the molecule is CC.CC(C)(C(F)(F)F)C(F)(F)F.CC(C)(C)C.CC1(C)CCCCC1.CC=CC.CCCCC.COC.CSC.C[Si](C)(C)C.Cc1ccc(-c2ccc(C)cc2)cc1.Cc1ccc(-c2ccc(C)s2)s1.Cc1ccccc1. The van der Waals surface area contributed by atoms with Gasteiger partial charge >= 0.3 is 12.4 Å². The molecule has 11 heteroatoms. The summed E-state index contributed by atoms with van der Waals surface area (Å²) in [4.78, 5) is 5.56. The zero-order valence-electron chi connectivity index (χ0n) is 55.0. The molecule has 0 saturated heterocycles. The monoisotopic (exact) mass is 1190 g/mol. The van der Waals surface area contributed by atoms with Crippen LogP contribution in [0.1, 0.15) is 175 Å². The molecular formula is C68H116F6OS3Si. The Hall–Kier alpha value is -3.09. The van der Waals surface area contributed by atoms with E-state index in [1.165, 1.54) is 98.7 Å². The first-order valence-corrected chi connectivity index (χ1v) is 35.3. The molecule has 0 amide bonds. The van der Waals surface area contributed by atoms with Crippen LogP contribution in [0.25, 0.3) is 20.9 Å². The van der Waals surface area contributed by atoms with Crippen LogP contribution < -0.4 is 0 Å². The maximum atomic E-state index is 11.6. The first kappa shape index (κ1) is 87.2. The number of rotatable bonds is 4. The summed E-state index contributed by atoms with van der Waals surface area (Å²) in [7, 11) is 2.64. The van der Waals surface area contributed by atoms with E-state index in [1.54, 1.807) is 26.0 Å². The Morgan fingerprint density at radius 1 is 0.532 bits per heavy atom. The Kier molecular flexibility index (Phi) is 54.6. The Labute approximate surface area is 497 Å². The first-order valence-electron chi connectivity index (χ1n) is 28.1. The third-order valence-electron chi connectivity index (χ3n) is 9.77. The fourth-order valence-corrected chi connectivity index (χ4v) is 7.01. The van der Waals surface area contributed by atoms with Crippen LogP contribution in [0.4, 0.5) is 26.3 Å². The molecule has 0 unspecified atom stereocenters. The molecule has 0 bridgehead atoms. The van der Waals surface area contributed by atoms with E-state index < -0.39 is 25.8 Å². The van der Waals surface area contributed by atoms with Crippen molar-refractivity contribution in [3.05, 3.63) is 142 Å². The third-order valence-corrected chi connectivity index (χ3v) is 12.0. The lowest BCUT2D eigenvalue weighted by Crippen LogP contribution is -2.44. The average Bonchev–Trinajstić information content (AvgIpc) is 3.98. The lowest BCUT2D eigenvalue weighted by molar-refractivity contribution is -0.327. The molecule has 0 aliphatic heterocycles. The summed E-state index contributed by atoms with van der Waals surface area (Å²) in [5.41, 5.74) is 4.06. The summed E-state index contributed by atoms with van der Waals surface area (Å²) in [6.45, 7) is 46.0. The van der Waals surface area contributed by atoms with Crippen molar-refractivity contribution in [1.82, 2.24) is 0 Å². The number of hydrogen-bond donors (Lipinski definition) is 0. The molecule has 0 spiro atoms. The quantitative estimate of drug-likeness (QED) is 0.101. The number of aryl methyl sites for hydroxylation is 5. The second-order valence-corrected chi connectivity index (χ2v) is 32.8. The van der Waals surface area contributed by atoms with E-state index in [9.17, 15) is 26.3 Å². The molecule has 6 rings (SSSR count). The van der Waals surface area contributed by atoms with Gasteiger partial charge < -0.3 is 4.74 Å². The van der Waals surface area contributed by atoms with Gasteiger partial charge in [0.2, 0.25) is 0 Å². The Balaban J connectivity index is -0.000000192. The molecule has 1 aliphatic carbocycles. The van der Waals surface area contributed by atoms with Crippen LogP contribution >= 0.6 is 34.4 Å². The van der Waals surface area contributed by atoms with Gasteiger partial charge in [0, 0.05) is 41.8 Å². The number of allylic oxidation sites excluding steroid dienone is 2. The van der Waals surface area contributed by atoms with E-state index >= 15 is 0 Å². The van der Waals surface area contributed by atoms with Crippen molar-refractivity contribution in [2.75, 3.05) is 26.7 Å². The molecule has 79 heavy (non-hydrogen) atoms. The van der Waals surface area contributed by atoms with Gasteiger partial charge in [0.25, 0.3) is 0 Å². The maximum absolute atomic E-state index is 11.6. The Morgan fingerprint density at radius 3 is 0.937 bits per heavy atom. The molecular weight excluding hydrogens is 1070 g/mol. The number of halogens is 6. The summed E-state index contributed by atoms with van der Waals surface area (Å²) in [6, 6.07) is 36.3. The van der Waals surface area contributed by atoms with Gasteiger partial charge in [-0.05, 0) is 134 Å². The fraction of sp³-hybridized carbons (Fsp3) is 0.588. The van der Waals surface area contributed by atoms with Crippen LogP contribution in [-0.2, 0) is 4.74 Å². The highest BCUT2D eigenvalue weighted by Crippen LogP contribution is 2.49. The first-order chi connectivity index (χ1) is 36.3. The molecule has 0 radical (unpaired) electrons. The van der Waals surface area contributed by atoms with E-state index in [2.05, 4.69) is 206 Å². The zero-order valence-corrected chi connectivity index (χ0v) is 58.5. The molecule has 1 nitrogen and oxygen atoms in total. The van der Waals surface area contributed by atoms with Crippen molar-refractivity contribution < 1.29 is 31.1 Å². The predicted octanol–water partition coefficient (Wildman–Crippen LogP) is 26.2. The summed E-state index contributed by atoms with van der Waals surface area (Å²) in [5, 5.41) is 0. The highest BCUT2D eigenvalue weighted by atomic mass is 32.2. The van der Waals surface area contributed by atoms with Crippen LogP contribution in [0.2, 0.25) is 26.2 Å². The van der Waals surface area contributed by atoms with Crippen molar-refractivity contribution in [3.8, 4) is 20.9 Å². The van der Waals surface area contributed by atoms with Crippen molar-refractivity contribution in [3.63, 3.8) is 0 Å². The van der Waals surface area contributed by atoms with Gasteiger partial charge in [0.15, 0.2) is 5.41 Å². The summed E-state index contributed by atoms with van der Waals surface area (Å²) >= 11 is 5.48. The summed E-state index contributed by atoms with van der Waals surface area (Å²) in [6.07, 6.45) is 8.98. The highest BCUT2D eigenvalue weighted by molar-refractivity contribution is 7.97. The van der Waals surface area contributed by atoms with Gasteiger partial charge in [0.1, 0.15) is 0 Å². The highest BCUT2D eigenvalue weighted by Gasteiger charge is 2.64. The normalized spacial score (nSPS) is 12.2. The molecule has 0 atom stereocenters. The average molecular weight is 1190 g/mol. The third kappa shape index (κ3) is 59.3. The number of thioether (sulfide) groups is 1. The number of methoxy groups -OCH3 is 1. The van der Waals surface area contributed by atoms with Crippen molar-refractivity contribution in [1.29, 1.82) is 0 Å². The van der Waals surface area contributed by atoms with Gasteiger partial charge in [-0.3, -0.25) is 0 Å². The topological polar surface area (TPSA) is 9.23 Å². The second kappa shape index (κ2) is 49.5. The molecule has 1 saturated carbocycles. The van der Waals surface area contributed by atoms with Crippen molar-refractivity contribution >= 4 is 42.5 Å². The molecule has 0 N–H and O–H groups in total. The minimum Gasteiger partial charge on any atom is -0.388 e. The van der Waals surface area contributed by atoms with E-state index in [1.807, 2.05) is 93.2 Å². The molecule has 1 fully saturated rings. The second-order valence-electron chi connectivity index (χ2n) is 23.4. The number of thiophene rings is 2. The molecule has 2 aromatic heterocycles. The predicted molar refractivity (Wildman–Crippen MR) is 356 cm³/mol. The van der Waals surface area contributed by atoms with Crippen molar-refractivity contribution in [2.24, 2.45) is 16.2 Å².